The summed E-state index contributed by atoms with van der Waals surface area (Å²) in [6, 6.07) is 8.51. The summed E-state index contributed by atoms with van der Waals surface area (Å²) in [4.78, 5) is 2.44. The van der Waals surface area contributed by atoms with E-state index in [1.807, 2.05) is 0 Å². The average Bonchev–Trinajstić information content (AvgIpc) is 2.46. The van der Waals surface area contributed by atoms with Crippen molar-refractivity contribution < 1.29 is 4.74 Å². The van der Waals surface area contributed by atoms with Crippen LogP contribution in [0, 0.1) is 5.92 Å². The van der Waals surface area contributed by atoms with Crippen LogP contribution in [0.5, 0.6) is 5.75 Å². The number of hydrogen-bond donors (Lipinski definition) is 0. The Morgan fingerprint density at radius 1 is 1.10 bits per heavy atom. The van der Waals surface area contributed by atoms with Crippen molar-refractivity contribution >= 4 is 17.8 Å². The molecule has 0 aliphatic carbocycles. The van der Waals surface area contributed by atoms with Crippen molar-refractivity contribution in [2.75, 3.05) is 51.8 Å². The number of benzene rings is 1. The molecule has 1 fully saturated rings. The monoisotopic (exact) mass is 309 g/mol. The Bertz CT molecular complexity index is 414. The van der Waals surface area contributed by atoms with E-state index in [-0.39, 0.29) is 0 Å². The molecule has 1 heterocycles. The second-order valence-corrected chi connectivity index (χ2v) is 7.42. The highest BCUT2D eigenvalue weighted by molar-refractivity contribution is 7.94. The van der Waals surface area contributed by atoms with Gasteiger partial charge in [0.15, 0.2) is 0 Å². The Kier molecular flexibility index (Phi) is 6.21. The molecule has 0 bridgehead atoms. The third-order valence-electron chi connectivity index (χ3n) is 3.30. The molecule has 0 atom stereocenters. The molecule has 21 heavy (non-hydrogen) atoms. The van der Waals surface area contributed by atoms with Crippen LogP contribution < -0.4 is 9.64 Å². The highest BCUT2D eigenvalue weighted by Crippen LogP contribution is 2.23. The number of hydrogen-bond acceptors (Lipinski definition) is 5. The number of anilines is 1. The minimum absolute atomic E-state index is 0.562. The smallest absolute Gasteiger partial charge is 0.119 e. The predicted octanol–water partition coefficient (Wildman–Crippen LogP) is 2.97. The van der Waals surface area contributed by atoms with Crippen molar-refractivity contribution in [2.24, 2.45) is 5.92 Å². The van der Waals surface area contributed by atoms with Gasteiger partial charge in [0, 0.05) is 44.0 Å². The zero-order chi connectivity index (χ0) is 15.2. The maximum absolute atomic E-state index is 5.73. The second-order valence-electron chi connectivity index (χ2n) is 6.01. The molecule has 1 aliphatic rings. The third-order valence-corrected chi connectivity index (χ3v) is 4.23. The van der Waals surface area contributed by atoms with E-state index in [1.165, 1.54) is 5.69 Å². The van der Waals surface area contributed by atoms with Gasteiger partial charge in [-0.05, 0) is 44.3 Å². The minimum Gasteiger partial charge on any atom is -0.493 e. The topological polar surface area (TPSA) is 19.0 Å². The van der Waals surface area contributed by atoms with E-state index in [0.717, 1.165) is 38.5 Å². The highest BCUT2D eigenvalue weighted by atomic mass is 32.2. The summed E-state index contributed by atoms with van der Waals surface area (Å²) < 4.78 is 10.3. The van der Waals surface area contributed by atoms with E-state index in [1.54, 1.807) is 12.1 Å². The quantitative estimate of drug-likeness (QED) is 0.750. The summed E-state index contributed by atoms with van der Waals surface area (Å²) in [7, 11) is 4.18. The third kappa shape index (κ3) is 5.41. The molecule has 118 valence electrons. The van der Waals surface area contributed by atoms with E-state index < -0.39 is 0 Å². The van der Waals surface area contributed by atoms with Crippen LogP contribution in [0.2, 0.25) is 0 Å². The molecule has 0 saturated carbocycles. The lowest BCUT2D eigenvalue weighted by atomic mass is 10.2. The fourth-order valence-electron chi connectivity index (χ4n) is 2.27. The van der Waals surface area contributed by atoms with E-state index >= 15 is 0 Å². The van der Waals surface area contributed by atoms with E-state index in [2.05, 4.69) is 65.7 Å². The molecule has 0 spiro atoms. The van der Waals surface area contributed by atoms with Gasteiger partial charge in [-0.15, -0.1) is 0 Å². The van der Waals surface area contributed by atoms with Crippen molar-refractivity contribution in [2.45, 2.75) is 13.8 Å². The molecule has 0 unspecified atom stereocenters. The number of nitrogens with zero attached hydrogens (tertiary/aromatic N) is 3. The van der Waals surface area contributed by atoms with Crippen LogP contribution in [0.4, 0.5) is 5.69 Å². The molecule has 1 aromatic carbocycles. The molecule has 0 radical (unpaired) electrons. The van der Waals surface area contributed by atoms with Crippen LogP contribution in [0.25, 0.3) is 0 Å². The van der Waals surface area contributed by atoms with Gasteiger partial charge in [0.25, 0.3) is 0 Å². The van der Waals surface area contributed by atoms with Crippen molar-refractivity contribution in [3.05, 3.63) is 24.3 Å². The van der Waals surface area contributed by atoms with Gasteiger partial charge in [0.05, 0.1) is 6.61 Å². The summed E-state index contributed by atoms with van der Waals surface area (Å²) in [6.45, 7) is 9.45. The Balaban J connectivity index is 1.83. The Morgan fingerprint density at radius 2 is 1.71 bits per heavy atom. The molecule has 5 heteroatoms. The molecular formula is C16H27N3OS. The molecule has 0 N–H and O–H groups in total. The first-order chi connectivity index (χ1) is 10.0. The summed E-state index contributed by atoms with van der Waals surface area (Å²) in [5, 5.41) is 0. The average molecular weight is 309 g/mol. The van der Waals surface area contributed by atoms with Crippen molar-refractivity contribution in [1.82, 2.24) is 8.61 Å². The van der Waals surface area contributed by atoms with Crippen LogP contribution in [-0.4, -0.2) is 55.5 Å². The van der Waals surface area contributed by atoms with Gasteiger partial charge in [0.2, 0.25) is 0 Å². The first-order valence-corrected chi connectivity index (χ1v) is 8.36. The lowest BCUT2D eigenvalue weighted by molar-refractivity contribution is 0.271. The highest BCUT2D eigenvalue weighted by Gasteiger charge is 2.18. The normalized spacial score (nSPS) is 16.8. The van der Waals surface area contributed by atoms with Gasteiger partial charge in [0.1, 0.15) is 5.75 Å². The van der Waals surface area contributed by atoms with Gasteiger partial charge < -0.3 is 9.64 Å². The lowest BCUT2D eigenvalue weighted by Gasteiger charge is -2.36. The van der Waals surface area contributed by atoms with E-state index in [9.17, 15) is 0 Å². The van der Waals surface area contributed by atoms with Crippen LogP contribution in [-0.2, 0) is 0 Å². The maximum Gasteiger partial charge on any atom is 0.119 e. The molecule has 2 rings (SSSR count). The number of piperazine rings is 1. The summed E-state index contributed by atoms with van der Waals surface area (Å²) in [5.41, 5.74) is 1.29. The van der Waals surface area contributed by atoms with Gasteiger partial charge >= 0.3 is 0 Å². The fraction of sp³-hybridized carbons (Fsp3) is 0.625. The SMILES string of the molecule is CC(C)COc1ccc(N2CCN(SN(C)C)CC2)cc1. The van der Waals surface area contributed by atoms with Crippen LogP contribution in [0.15, 0.2) is 24.3 Å². The van der Waals surface area contributed by atoms with Gasteiger partial charge in [-0.25, -0.2) is 8.61 Å². The minimum atomic E-state index is 0.562. The van der Waals surface area contributed by atoms with Crippen LogP contribution in [0.3, 0.4) is 0 Å². The summed E-state index contributed by atoms with van der Waals surface area (Å²) in [5.74, 6) is 1.53. The molecule has 1 aliphatic heterocycles. The largest absolute Gasteiger partial charge is 0.493 e. The number of ether oxygens (including phenoxy) is 1. The first-order valence-electron chi connectivity index (χ1n) is 7.63. The van der Waals surface area contributed by atoms with E-state index in [4.69, 9.17) is 4.74 Å². The van der Waals surface area contributed by atoms with Gasteiger partial charge in [-0.3, -0.25) is 0 Å². The Morgan fingerprint density at radius 3 is 2.24 bits per heavy atom. The van der Waals surface area contributed by atoms with Gasteiger partial charge in [-0.2, -0.15) is 0 Å². The molecule has 1 aromatic rings. The number of rotatable bonds is 6. The fourth-order valence-corrected chi connectivity index (χ4v) is 3.06. The van der Waals surface area contributed by atoms with Crippen molar-refractivity contribution in [3.8, 4) is 5.75 Å². The molecule has 0 amide bonds. The summed E-state index contributed by atoms with van der Waals surface area (Å²) >= 11 is 1.80. The molecule has 0 aromatic heterocycles. The zero-order valence-electron chi connectivity index (χ0n) is 13.6. The first kappa shape index (κ1) is 16.5. The maximum atomic E-state index is 5.73. The van der Waals surface area contributed by atoms with Crippen LogP contribution >= 0.6 is 12.1 Å². The second kappa shape index (κ2) is 7.92. The molecule has 4 nitrogen and oxygen atoms in total. The Hall–Kier alpha value is -0.910. The van der Waals surface area contributed by atoms with Crippen molar-refractivity contribution in [3.63, 3.8) is 0 Å². The van der Waals surface area contributed by atoms with Crippen molar-refractivity contribution in [1.29, 1.82) is 0 Å². The van der Waals surface area contributed by atoms with Gasteiger partial charge in [-0.1, -0.05) is 13.8 Å². The predicted molar refractivity (Wildman–Crippen MR) is 91.8 cm³/mol. The van der Waals surface area contributed by atoms with E-state index in [0.29, 0.717) is 5.92 Å². The zero-order valence-corrected chi connectivity index (χ0v) is 14.4. The summed E-state index contributed by atoms with van der Waals surface area (Å²) in [6.07, 6.45) is 0. The molecule has 1 saturated heterocycles. The molecular weight excluding hydrogens is 282 g/mol. The lowest BCUT2D eigenvalue weighted by Crippen LogP contribution is -2.44. The Labute approximate surface area is 133 Å². The standard InChI is InChI=1S/C16H27N3OS/c1-14(2)13-20-16-7-5-15(6-8-16)18-9-11-19(12-10-18)21-17(3)4/h5-8,14H,9-13H2,1-4H3. The van der Waals surface area contributed by atoms with Crippen LogP contribution in [0.1, 0.15) is 13.8 Å².